The molecule has 0 saturated heterocycles. The molecular weight excluding hydrogens is 364 g/mol. The van der Waals surface area contributed by atoms with Crippen LogP contribution in [0.5, 0.6) is 0 Å². The zero-order chi connectivity index (χ0) is 15.7. The van der Waals surface area contributed by atoms with E-state index in [4.69, 9.17) is 11.6 Å². The quantitative estimate of drug-likeness (QED) is 0.661. The average molecular weight is 376 g/mol. The van der Waals surface area contributed by atoms with Crippen molar-refractivity contribution in [1.29, 1.82) is 0 Å². The van der Waals surface area contributed by atoms with E-state index in [2.05, 4.69) is 20.9 Å². The molecule has 2 aromatic heterocycles. The molecule has 110 valence electrons. The van der Waals surface area contributed by atoms with Crippen LogP contribution in [0.1, 0.15) is 16.8 Å². The molecule has 0 radical (unpaired) electrons. The maximum absolute atomic E-state index is 12.2. The summed E-state index contributed by atoms with van der Waals surface area (Å²) in [5.74, 6) is 0. The van der Waals surface area contributed by atoms with Crippen LogP contribution in [0.2, 0.25) is 0 Å². The van der Waals surface area contributed by atoms with Gasteiger partial charge >= 0.3 is 0 Å². The highest BCUT2D eigenvalue weighted by Crippen LogP contribution is 2.21. The molecule has 3 aromatic rings. The second-order valence-corrected chi connectivity index (χ2v) is 6.28. The van der Waals surface area contributed by atoms with Gasteiger partial charge in [0.25, 0.3) is 5.56 Å². The fourth-order valence-electron chi connectivity index (χ4n) is 2.11. The van der Waals surface area contributed by atoms with E-state index < -0.39 is 0 Å². The van der Waals surface area contributed by atoms with Crippen LogP contribution in [0.25, 0.3) is 16.8 Å². The molecule has 1 aromatic carbocycles. The molecule has 0 aliphatic carbocycles. The Morgan fingerprint density at radius 3 is 2.68 bits per heavy atom. The molecule has 0 atom stereocenters. The van der Waals surface area contributed by atoms with Gasteiger partial charge in [0.1, 0.15) is 5.65 Å². The largest absolute Gasteiger partial charge is 0.269 e. The molecule has 3 nitrogen and oxygen atoms in total. The Balaban J connectivity index is 2.07. The van der Waals surface area contributed by atoms with Crippen LogP contribution in [0.3, 0.4) is 0 Å². The molecule has 3 rings (SSSR count). The normalized spacial score (nSPS) is 11.9. The van der Waals surface area contributed by atoms with Crippen molar-refractivity contribution in [3.63, 3.8) is 0 Å². The predicted molar refractivity (Wildman–Crippen MR) is 94.1 cm³/mol. The fourth-order valence-corrected chi connectivity index (χ4v) is 2.60. The number of hydrogen-bond donors (Lipinski definition) is 0. The van der Waals surface area contributed by atoms with Crippen LogP contribution >= 0.6 is 27.5 Å². The Hall–Kier alpha value is -1.91. The van der Waals surface area contributed by atoms with Crippen molar-refractivity contribution in [2.75, 3.05) is 0 Å². The van der Waals surface area contributed by atoms with Crippen molar-refractivity contribution in [2.24, 2.45) is 0 Å². The van der Waals surface area contributed by atoms with Gasteiger partial charge in [-0.25, -0.2) is 4.98 Å². The highest BCUT2D eigenvalue weighted by atomic mass is 79.9. The second kappa shape index (κ2) is 6.07. The maximum Gasteiger partial charge on any atom is 0.258 e. The molecule has 22 heavy (non-hydrogen) atoms. The van der Waals surface area contributed by atoms with Gasteiger partial charge in [-0.15, -0.1) is 0 Å². The summed E-state index contributed by atoms with van der Waals surface area (Å²) >= 11 is 9.71. The van der Waals surface area contributed by atoms with E-state index in [1.807, 2.05) is 43.3 Å². The lowest BCUT2D eigenvalue weighted by Gasteiger charge is -2.04. The zero-order valence-electron chi connectivity index (χ0n) is 11.8. The third-order valence-corrected chi connectivity index (χ3v) is 4.05. The summed E-state index contributed by atoms with van der Waals surface area (Å²) < 4.78 is 2.51. The van der Waals surface area contributed by atoms with E-state index in [0.29, 0.717) is 16.4 Å². The topological polar surface area (TPSA) is 34.4 Å². The number of nitrogens with zero attached hydrogens (tertiary/aromatic N) is 2. The third-order valence-electron chi connectivity index (χ3n) is 3.22. The number of rotatable bonds is 2. The lowest BCUT2D eigenvalue weighted by atomic mass is 10.2. The molecule has 0 amide bonds. The summed E-state index contributed by atoms with van der Waals surface area (Å²) in [5, 5.41) is 0.433. The van der Waals surface area contributed by atoms with Gasteiger partial charge in [-0.3, -0.25) is 9.20 Å². The number of fused-ring (bicyclic) bond motifs is 1. The van der Waals surface area contributed by atoms with E-state index >= 15 is 0 Å². The van der Waals surface area contributed by atoms with Gasteiger partial charge in [-0.2, -0.15) is 0 Å². The molecule has 0 bridgehead atoms. The molecule has 0 N–H and O–H groups in total. The van der Waals surface area contributed by atoms with E-state index in [1.165, 1.54) is 10.5 Å². The number of aromatic nitrogens is 2. The fraction of sp³-hybridized carbons (Fsp3) is 0.0588. The van der Waals surface area contributed by atoms with Gasteiger partial charge in [0.05, 0.1) is 10.7 Å². The minimum atomic E-state index is -0.147. The van der Waals surface area contributed by atoms with Gasteiger partial charge in [0.2, 0.25) is 0 Å². The van der Waals surface area contributed by atoms with Crippen LogP contribution < -0.4 is 5.56 Å². The van der Waals surface area contributed by atoms with Crippen molar-refractivity contribution >= 4 is 44.3 Å². The minimum absolute atomic E-state index is 0.147. The third kappa shape index (κ3) is 3.13. The van der Waals surface area contributed by atoms with Gasteiger partial charge < -0.3 is 0 Å². The molecule has 0 aliphatic heterocycles. The van der Waals surface area contributed by atoms with E-state index in [-0.39, 0.29) is 5.56 Å². The summed E-state index contributed by atoms with van der Waals surface area (Å²) in [6.07, 6.45) is 3.56. The Morgan fingerprint density at radius 2 is 1.95 bits per heavy atom. The van der Waals surface area contributed by atoms with Crippen LogP contribution in [-0.2, 0) is 0 Å². The number of hydrogen-bond acceptors (Lipinski definition) is 2. The summed E-state index contributed by atoms with van der Waals surface area (Å²) in [6.45, 7) is 1.93. The molecule has 0 fully saturated rings. The second-order valence-electron chi connectivity index (χ2n) is 4.96. The predicted octanol–water partition coefficient (Wildman–Crippen LogP) is 4.50. The molecule has 2 heterocycles. The highest BCUT2D eigenvalue weighted by molar-refractivity contribution is 9.10. The van der Waals surface area contributed by atoms with Gasteiger partial charge in [0.15, 0.2) is 0 Å². The molecule has 0 saturated carbocycles. The van der Waals surface area contributed by atoms with E-state index in [1.54, 1.807) is 12.3 Å². The molecular formula is C17H12BrClN2O. The van der Waals surface area contributed by atoms with Crippen molar-refractivity contribution in [2.45, 2.75) is 6.92 Å². The zero-order valence-corrected chi connectivity index (χ0v) is 14.1. The van der Waals surface area contributed by atoms with Crippen molar-refractivity contribution in [1.82, 2.24) is 9.38 Å². The molecule has 0 aliphatic rings. The number of benzene rings is 1. The Bertz CT molecular complexity index is 930. The SMILES string of the molecule is Cc1ccc2nc(/C(Cl)=C/c3ccc(Br)cc3)cc(=O)n2c1. The summed E-state index contributed by atoms with van der Waals surface area (Å²) in [6, 6.07) is 12.9. The van der Waals surface area contributed by atoms with Crippen LogP contribution in [0, 0.1) is 6.92 Å². The molecule has 0 unspecified atom stereocenters. The average Bonchev–Trinajstić information content (AvgIpc) is 2.50. The van der Waals surface area contributed by atoms with Crippen molar-refractivity contribution in [3.8, 4) is 0 Å². The van der Waals surface area contributed by atoms with Gasteiger partial charge in [-0.05, 0) is 42.3 Å². The summed E-state index contributed by atoms with van der Waals surface area (Å²) in [5.41, 5.74) is 2.85. The van der Waals surface area contributed by atoms with Crippen LogP contribution in [0.4, 0.5) is 0 Å². The maximum atomic E-state index is 12.2. The standard InChI is InChI=1S/C17H12BrClN2O/c1-11-2-7-16-20-15(9-17(22)21(16)10-11)14(19)8-12-3-5-13(18)6-4-12/h2-10H,1H3/b14-8-. The van der Waals surface area contributed by atoms with Crippen LogP contribution in [0.15, 0.2) is 57.9 Å². The first-order valence-electron chi connectivity index (χ1n) is 6.66. The number of halogens is 2. The first-order chi connectivity index (χ1) is 10.5. The Kier molecular flexibility index (Phi) is 4.14. The van der Waals surface area contributed by atoms with Crippen LogP contribution in [-0.4, -0.2) is 9.38 Å². The first kappa shape index (κ1) is 15.0. The summed E-state index contributed by atoms with van der Waals surface area (Å²) in [7, 11) is 0. The smallest absolute Gasteiger partial charge is 0.258 e. The lowest BCUT2D eigenvalue weighted by Crippen LogP contribution is -2.15. The van der Waals surface area contributed by atoms with E-state index in [9.17, 15) is 4.79 Å². The Morgan fingerprint density at radius 1 is 1.23 bits per heavy atom. The number of aryl methyl sites for hydroxylation is 1. The van der Waals surface area contributed by atoms with Gasteiger partial charge in [0, 0.05) is 16.7 Å². The lowest BCUT2D eigenvalue weighted by molar-refractivity contribution is 1.02. The van der Waals surface area contributed by atoms with Crippen molar-refractivity contribution in [3.05, 3.63) is 80.3 Å². The van der Waals surface area contributed by atoms with Crippen molar-refractivity contribution < 1.29 is 0 Å². The monoisotopic (exact) mass is 374 g/mol. The Labute approximate surface area is 141 Å². The molecule has 5 heteroatoms. The number of pyridine rings is 1. The first-order valence-corrected chi connectivity index (χ1v) is 7.83. The summed E-state index contributed by atoms with van der Waals surface area (Å²) in [4.78, 5) is 16.6. The van der Waals surface area contributed by atoms with E-state index in [0.717, 1.165) is 15.6 Å². The van der Waals surface area contributed by atoms with Gasteiger partial charge in [-0.1, -0.05) is 45.7 Å². The highest BCUT2D eigenvalue weighted by Gasteiger charge is 2.06. The minimum Gasteiger partial charge on any atom is -0.269 e. The molecule has 0 spiro atoms.